The van der Waals surface area contributed by atoms with E-state index >= 15 is 0 Å². The molecule has 0 radical (unpaired) electrons. The van der Waals surface area contributed by atoms with Crippen molar-refractivity contribution in [3.05, 3.63) is 40.9 Å². The number of hydrogen-bond acceptors (Lipinski definition) is 4. The van der Waals surface area contributed by atoms with Crippen LogP contribution >= 0.6 is 0 Å². The Balaban J connectivity index is 2.42. The maximum Gasteiger partial charge on any atom is 0.293 e. The maximum absolute atomic E-state index is 11.6. The second-order valence-corrected chi connectivity index (χ2v) is 3.57. The highest BCUT2D eigenvalue weighted by atomic mass is 16.5. The van der Waals surface area contributed by atoms with Crippen molar-refractivity contribution in [1.29, 1.82) is 0 Å². The number of aromatic nitrogens is 2. The molecule has 5 nitrogen and oxygen atoms in total. The summed E-state index contributed by atoms with van der Waals surface area (Å²) in [5.74, 6) is 0.992. The van der Waals surface area contributed by atoms with Gasteiger partial charge < -0.3 is 14.5 Å². The lowest BCUT2D eigenvalue weighted by atomic mass is 10.1. The molecule has 0 aliphatic carbocycles. The molecular weight excluding hydrogens is 232 g/mol. The SMILES string of the molecule is CCOc1ccc(-c2nc[nH]c(=O)c2OC)cc1. The minimum Gasteiger partial charge on any atom is -0.494 e. The third-order valence-electron chi connectivity index (χ3n) is 2.45. The molecular formula is C13H14N2O3. The van der Waals surface area contributed by atoms with Gasteiger partial charge in [0.15, 0.2) is 0 Å². The van der Waals surface area contributed by atoms with Crippen molar-refractivity contribution in [3.63, 3.8) is 0 Å². The summed E-state index contributed by atoms with van der Waals surface area (Å²) in [6, 6.07) is 7.35. The van der Waals surface area contributed by atoms with Crippen LogP contribution in [0, 0.1) is 0 Å². The van der Waals surface area contributed by atoms with Crippen LogP contribution in [-0.4, -0.2) is 23.7 Å². The van der Waals surface area contributed by atoms with Crippen molar-refractivity contribution >= 4 is 0 Å². The molecule has 18 heavy (non-hydrogen) atoms. The smallest absolute Gasteiger partial charge is 0.293 e. The standard InChI is InChI=1S/C13H14N2O3/c1-3-18-10-6-4-9(5-7-10)11-12(17-2)13(16)15-8-14-11/h4-8H,3H2,1-2H3,(H,14,15,16). The lowest BCUT2D eigenvalue weighted by Gasteiger charge is -2.07. The summed E-state index contributed by atoms with van der Waals surface area (Å²) in [7, 11) is 1.45. The van der Waals surface area contributed by atoms with E-state index in [2.05, 4.69) is 9.97 Å². The van der Waals surface area contributed by atoms with Crippen molar-refractivity contribution in [3.8, 4) is 22.8 Å². The van der Waals surface area contributed by atoms with Gasteiger partial charge >= 0.3 is 0 Å². The summed E-state index contributed by atoms with van der Waals surface area (Å²) in [5.41, 5.74) is 1.03. The monoisotopic (exact) mass is 246 g/mol. The molecule has 1 heterocycles. The number of rotatable bonds is 4. The Bertz CT molecular complexity index is 576. The van der Waals surface area contributed by atoms with E-state index in [9.17, 15) is 4.79 Å². The van der Waals surface area contributed by atoms with Crippen molar-refractivity contribution < 1.29 is 9.47 Å². The number of methoxy groups -OCH3 is 1. The van der Waals surface area contributed by atoms with E-state index in [1.807, 2.05) is 31.2 Å². The lowest BCUT2D eigenvalue weighted by Crippen LogP contribution is -2.11. The van der Waals surface area contributed by atoms with Gasteiger partial charge in [-0.15, -0.1) is 0 Å². The van der Waals surface area contributed by atoms with Crippen LogP contribution in [0.3, 0.4) is 0 Å². The first-order chi connectivity index (χ1) is 8.76. The Morgan fingerprint density at radius 3 is 2.61 bits per heavy atom. The van der Waals surface area contributed by atoms with E-state index in [0.29, 0.717) is 12.3 Å². The molecule has 94 valence electrons. The Hall–Kier alpha value is -2.30. The van der Waals surface area contributed by atoms with Crippen LogP contribution in [0.2, 0.25) is 0 Å². The van der Waals surface area contributed by atoms with Crippen LogP contribution in [0.4, 0.5) is 0 Å². The number of nitrogens with one attached hydrogen (secondary N) is 1. The molecule has 0 spiro atoms. The Morgan fingerprint density at radius 1 is 1.28 bits per heavy atom. The number of benzene rings is 1. The fourth-order valence-electron chi connectivity index (χ4n) is 1.66. The largest absolute Gasteiger partial charge is 0.494 e. The van der Waals surface area contributed by atoms with E-state index in [-0.39, 0.29) is 11.3 Å². The molecule has 0 saturated carbocycles. The molecule has 0 saturated heterocycles. The first kappa shape index (κ1) is 12.2. The van der Waals surface area contributed by atoms with Gasteiger partial charge in [0.05, 0.1) is 20.0 Å². The number of nitrogens with zero attached hydrogens (tertiary/aromatic N) is 1. The molecule has 1 N–H and O–H groups in total. The van der Waals surface area contributed by atoms with Crippen LogP contribution in [0.5, 0.6) is 11.5 Å². The van der Waals surface area contributed by atoms with E-state index in [1.54, 1.807) is 0 Å². The zero-order valence-corrected chi connectivity index (χ0v) is 10.3. The molecule has 1 aromatic carbocycles. The second kappa shape index (κ2) is 5.35. The summed E-state index contributed by atoms with van der Waals surface area (Å²) in [6.07, 6.45) is 1.36. The van der Waals surface area contributed by atoms with Crippen molar-refractivity contribution in [2.24, 2.45) is 0 Å². The van der Waals surface area contributed by atoms with E-state index < -0.39 is 0 Å². The zero-order valence-electron chi connectivity index (χ0n) is 10.3. The number of aromatic amines is 1. The van der Waals surface area contributed by atoms with Gasteiger partial charge in [0, 0.05) is 5.56 Å². The highest BCUT2D eigenvalue weighted by Gasteiger charge is 2.10. The van der Waals surface area contributed by atoms with E-state index in [1.165, 1.54) is 13.4 Å². The minimum absolute atomic E-state index is 0.210. The van der Waals surface area contributed by atoms with Crippen LogP contribution in [0.15, 0.2) is 35.4 Å². The van der Waals surface area contributed by atoms with Crippen LogP contribution < -0.4 is 15.0 Å². The lowest BCUT2D eigenvalue weighted by molar-refractivity contribution is 0.340. The zero-order chi connectivity index (χ0) is 13.0. The van der Waals surface area contributed by atoms with Crippen molar-refractivity contribution in [2.75, 3.05) is 13.7 Å². The van der Waals surface area contributed by atoms with Gasteiger partial charge in [0.1, 0.15) is 11.4 Å². The topological polar surface area (TPSA) is 64.2 Å². The summed E-state index contributed by atoms with van der Waals surface area (Å²) >= 11 is 0. The average molecular weight is 246 g/mol. The summed E-state index contributed by atoms with van der Waals surface area (Å²) in [6.45, 7) is 2.54. The Morgan fingerprint density at radius 2 is 2.00 bits per heavy atom. The minimum atomic E-state index is -0.295. The quantitative estimate of drug-likeness (QED) is 0.894. The molecule has 0 aliphatic heterocycles. The van der Waals surface area contributed by atoms with Gasteiger partial charge in [-0.3, -0.25) is 4.79 Å². The Kier molecular flexibility index (Phi) is 3.62. The highest BCUT2D eigenvalue weighted by molar-refractivity contribution is 5.65. The van der Waals surface area contributed by atoms with Gasteiger partial charge in [0.2, 0.25) is 5.75 Å². The fraction of sp³-hybridized carbons (Fsp3) is 0.231. The third kappa shape index (κ3) is 2.34. The van der Waals surface area contributed by atoms with E-state index in [4.69, 9.17) is 9.47 Å². The van der Waals surface area contributed by atoms with Crippen molar-refractivity contribution in [2.45, 2.75) is 6.92 Å². The molecule has 5 heteroatoms. The molecule has 0 unspecified atom stereocenters. The van der Waals surface area contributed by atoms with Crippen LogP contribution in [0.1, 0.15) is 6.92 Å². The number of H-pyrrole nitrogens is 1. The maximum atomic E-state index is 11.6. The van der Waals surface area contributed by atoms with Gasteiger partial charge in [0.25, 0.3) is 5.56 Å². The first-order valence-corrected chi connectivity index (χ1v) is 5.61. The van der Waals surface area contributed by atoms with Gasteiger partial charge in [-0.1, -0.05) is 0 Å². The fourth-order valence-corrected chi connectivity index (χ4v) is 1.66. The highest BCUT2D eigenvalue weighted by Crippen LogP contribution is 2.25. The van der Waals surface area contributed by atoms with Gasteiger partial charge in [-0.2, -0.15) is 0 Å². The molecule has 0 fully saturated rings. The molecule has 0 aliphatic rings. The Labute approximate surface area is 104 Å². The van der Waals surface area contributed by atoms with E-state index in [0.717, 1.165) is 11.3 Å². The molecule has 2 aromatic rings. The average Bonchev–Trinajstić information content (AvgIpc) is 2.40. The van der Waals surface area contributed by atoms with Crippen LogP contribution in [-0.2, 0) is 0 Å². The number of ether oxygens (including phenoxy) is 2. The molecule has 2 rings (SSSR count). The molecule has 0 atom stereocenters. The number of hydrogen-bond donors (Lipinski definition) is 1. The second-order valence-electron chi connectivity index (χ2n) is 3.57. The van der Waals surface area contributed by atoms with Gasteiger partial charge in [-0.05, 0) is 31.2 Å². The van der Waals surface area contributed by atoms with Crippen LogP contribution in [0.25, 0.3) is 11.3 Å². The molecule has 0 bridgehead atoms. The molecule has 0 amide bonds. The molecule has 1 aromatic heterocycles. The predicted octanol–water partition coefficient (Wildman–Crippen LogP) is 1.84. The first-order valence-electron chi connectivity index (χ1n) is 5.61. The third-order valence-corrected chi connectivity index (χ3v) is 2.45. The normalized spacial score (nSPS) is 10.1. The summed E-state index contributed by atoms with van der Waals surface area (Å²) in [5, 5.41) is 0. The van der Waals surface area contributed by atoms with Crippen molar-refractivity contribution in [1.82, 2.24) is 9.97 Å². The summed E-state index contributed by atoms with van der Waals surface area (Å²) < 4.78 is 10.4. The summed E-state index contributed by atoms with van der Waals surface area (Å²) in [4.78, 5) is 18.2. The predicted molar refractivity (Wildman–Crippen MR) is 68.0 cm³/mol. The van der Waals surface area contributed by atoms with Gasteiger partial charge in [-0.25, -0.2) is 4.98 Å².